The van der Waals surface area contributed by atoms with Gasteiger partial charge in [-0.1, -0.05) is 24.3 Å². The fourth-order valence-corrected chi connectivity index (χ4v) is 2.33. The van der Waals surface area contributed by atoms with Gasteiger partial charge in [-0.15, -0.1) is 0 Å². The molecule has 1 amide bonds. The third kappa shape index (κ3) is 4.02. The summed E-state index contributed by atoms with van der Waals surface area (Å²) in [7, 11) is 3.12. The van der Waals surface area contributed by atoms with Crippen molar-refractivity contribution in [2.45, 2.75) is 13.0 Å². The Morgan fingerprint density at radius 3 is 2.46 bits per heavy atom. The Morgan fingerprint density at radius 2 is 1.79 bits per heavy atom. The highest BCUT2D eigenvalue weighted by Crippen LogP contribution is 2.28. The number of fused-ring (bicyclic) bond motifs is 1. The maximum atomic E-state index is 12.4. The van der Waals surface area contributed by atoms with E-state index in [2.05, 4.69) is 5.32 Å². The summed E-state index contributed by atoms with van der Waals surface area (Å²) in [5, 5.41) is 4.16. The van der Waals surface area contributed by atoms with Crippen LogP contribution >= 0.6 is 0 Å². The van der Waals surface area contributed by atoms with Crippen LogP contribution in [0.1, 0.15) is 17.3 Å². The summed E-state index contributed by atoms with van der Waals surface area (Å²) in [6.45, 7) is 2.30. The fourth-order valence-electron chi connectivity index (χ4n) is 2.33. The van der Waals surface area contributed by atoms with Gasteiger partial charge in [0, 0.05) is 19.0 Å². The van der Waals surface area contributed by atoms with Gasteiger partial charge < -0.3 is 19.5 Å². The molecule has 2 aromatic carbocycles. The van der Waals surface area contributed by atoms with Crippen molar-refractivity contribution in [2.75, 3.05) is 27.4 Å². The normalized spacial score (nSPS) is 11.8. The monoisotopic (exact) mass is 331 g/mol. The molecule has 0 bridgehead atoms. The minimum atomic E-state index is -0.893. The van der Waals surface area contributed by atoms with Crippen molar-refractivity contribution in [1.82, 2.24) is 5.32 Å². The summed E-state index contributed by atoms with van der Waals surface area (Å²) in [6, 6.07) is 10.7. The molecule has 24 heavy (non-hydrogen) atoms. The van der Waals surface area contributed by atoms with E-state index in [0.29, 0.717) is 29.9 Å². The Morgan fingerprint density at radius 1 is 1.08 bits per heavy atom. The molecule has 2 aromatic rings. The Bertz CT molecular complexity index is 728. The predicted octanol–water partition coefficient (Wildman–Crippen LogP) is 2.16. The van der Waals surface area contributed by atoms with E-state index in [0.717, 1.165) is 5.39 Å². The summed E-state index contributed by atoms with van der Waals surface area (Å²) >= 11 is 0. The van der Waals surface area contributed by atoms with E-state index in [-0.39, 0.29) is 5.91 Å². The molecular formula is C18H21NO5. The molecule has 1 N–H and O–H groups in total. The summed E-state index contributed by atoms with van der Waals surface area (Å²) in [6.07, 6.45) is -0.893. The quantitative estimate of drug-likeness (QED) is 0.622. The highest BCUT2D eigenvalue weighted by atomic mass is 16.5. The highest BCUT2D eigenvalue weighted by Gasteiger charge is 2.20. The van der Waals surface area contributed by atoms with E-state index in [1.807, 2.05) is 24.3 Å². The number of hydrogen-bond acceptors (Lipinski definition) is 5. The van der Waals surface area contributed by atoms with Crippen LogP contribution in [-0.2, 0) is 14.3 Å². The first-order chi connectivity index (χ1) is 11.6. The Hall–Kier alpha value is -2.60. The van der Waals surface area contributed by atoms with Gasteiger partial charge in [-0.3, -0.25) is 4.79 Å². The van der Waals surface area contributed by atoms with E-state index in [1.54, 1.807) is 26.4 Å². The molecular weight excluding hydrogens is 310 g/mol. The van der Waals surface area contributed by atoms with Gasteiger partial charge in [-0.25, -0.2) is 4.79 Å². The Balaban J connectivity index is 2.15. The van der Waals surface area contributed by atoms with Crippen LogP contribution in [0.3, 0.4) is 0 Å². The van der Waals surface area contributed by atoms with E-state index >= 15 is 0 Å². The molecule has 0 saturated carbocycles. The van der Waals surface area contributed by atoms with E-state index < -0.39 is 12.1 Å². The molecule has 6 nitrogen and oxygen atoms in total. The number of benzene rings is 2. The van der Waals surface area contributed by atoms with Crippen molar-refractivity contribution >= 4 is 22.6 Å². The lowest BCUT2D eigenvalue weighted by Gasteiger charge is -2.15. The molecule has 0 aliphatic rings. The van der Waals surface area contributed by atoms with E-state index in [1.165, 1.54) is 6.92 Å². The van der Waals surface area contributed by atoms with E-state index in [4.69, 9.17) is 14.2 Å². The van der Waals surface area contributed by atoms with Gasteiger partial charge in [0.25, 0.3) is 5.91 Å². The number of methoxy groups -OCH3 is 2. The molecule has 2 rings (SSSR count). The van der Waals surface area contributed by atoms with Crippen molar-refractivity contribution in [3.63, 3.8) is 0 Å². The average Bonchev–Trinajstić information content (AvgIpc) is 2.60. The first-order valence-electron chi connectivity index (χ1n) is 7.61. The molecule has 0 heterocycles. The first-order valence-corrected chi connectivity index (χ1v) is 7.61. The standard InChI is InChI=1S/C18H21NO5/c1-12(17(20)19-10-11-22-2)24-18(21)15-8-9-16(23-3)14-7-5-4-6-13(14)15/h4-9,12H,10-11H2,1-3H3,(H,19,20)/t12-/m0/s1. The zero-order valence-electron chi connectivity index (χ0n) is 14.0. The lowest BCUT2D eigenvalue weighted by Crippen LogP contribution is -2.37. The van der Waals surface area contributed by atoms with Crippen LogP contribution in [0.2, 0.25) is 0 Å². The second-order valence-electron chi connectivity index (χ2n) is 5.19. The van der Waals surface area contributed by atoms with Crippen molar-refractivity contribution < 1.29 is 23.8 Å². The first kappa shape index (κ1) is 17.7. The lowest BCUT2D eigenvalue weighted by molar-refractivity contribution is -0.129. The second kappa shape index (κ2) is 8.31. The third-order valence-electron chi connectivity index (χ3n) is 3.58. The molecule has 0 aliphatic heterocycles. The summed E-state index contributed by atoms with van der Waals surface area (Å²) < 4.78 is 15.4. The van der Waals surface area contributed by atoms with Gasteiger partial charge >= 0.3 is 5.97 Å². The molecule has 128 valence electrons. The van der Waals surface area contributed by atoms with Gasteiger partial charge in [0.1, 0.15) is 5.75 Å². The van der Waals surface area contributed by atoms with E-state index in [9.17, 15) is 9.59 Å². The van der Waals surface area contributed by atoms with Crippen LogP contribution in [-0.4, -0.2) is 45.4 Å². The molecule has 0 radical (unpaired) electrons. The number of carbonyl (C=O) groups excluding carboxylic acids is 2. The second-order valence-corrected chi connectivity index (χ2v) is 5.19. The predicted molar refractivity (Wildman–Crippen MR) is 90.3 cm³/mol. The zero-order valence-corrected chi connectivity index (χ0v) is 14.0. The number of rotatable bonds is 7. The van der Waals surface area contributed by atoms with Crippen LogP contribution in [0.5, 0.6) is 5.75 Å². The minimum absolute atomic E-state index is 0.363. The number of hydrogen-bond donors (Lipinski definition) is 1. The van der Waals surface area contributed by atoms with Crippen LogP contribution < -0.4 is 10.1 Å². The Labute approximate surface area is 140 Å². The average molecular weight is 331 g/mol. The molecule has 1 atom stereocenters. The number of esters is 1. The minimum Gasteiger partial charge on any atom is -0.496 e. The summed E-state index contributed by atoms with van der Waals surface area (Å²) in [4.78, 5) is 24.3. The van der Waals surface area contributed by atoms with Crippen molar-refractivity contribution in [1.29, 1.82) is 0 Å². The zero-order chi connectivity index (χ0) is 17.5. The summed E-state index contributed by atoms with van der Waals surface area (Å²) in [5.74, 6) is -0.242. The topological polar surface area (TPSA) is 73.9 Å². The van der Waals surface area contributed by atoms with Crippen LogP contribution in [0, 0.1) is 0 Å². The maximum absolute atomic E-state index is 12.4. The van der Waals surface area contributed by atoms with Crippen molar-refractivity contribution in [3.8, 4) is 5.75 Å². The molecule has 0 saturated heterocycles. The van der Waals surface area contributed by atoms with Crippen LogP contribution in [0.15, 0.2) is 36.4 Å². The fraction of sp³-hybridized carbons (Fsp3) is 0.333. The third-order valence-corrected chi connectivity index (χ3v) is 3.58. The van der Waals surface area contributed by atoms with Crippen molar-refractivity contribution in [3.05, 3.63) is 42.0 Å². The molecule has 0 spiro atoms. The van der Waals surface area contributed by atoms with Gasteiger partial charge in [0.2, 0.25) is 0 Å². The van der Waals surface area contributed by atoms with Crippen LogP contribution in [0.25, 0.3) is 10.8 Å². The van der Waals surface area contributed by atoms with Gasteiger partial charge in [-0.2, -0.15) is 0 Å². The maximum Gasteiger partial charge on any atom is 0.339 e. The van der Waals surface area contributed by atoms with Crippen molar-refractivity contribution in [2.24, 2.45) is 0 Å². The van der Waals surface area contributed by atoms with Gasteiger partial charge in [-0.05, 0) is 24.4 Å². The largest absolute Gasteiger partial charge is 0.496 e. The molecule has 0 aliphatic carbocycles. The van der Waals surface area contributed by atoms with Crippen LogP contribution in [0.4, 0.5) is 0 Å². The summed E-state index contributed by atoms with van der Waals surface area (Å²) in [5.41, 5.74) is 0.392. The number of carbonyl (C=O) groups is 2. The highest BCUT2D eigenvalue weighted by molar-refractivity contribution is 6.06. The molecule has 6 heteroatoms. The molecule has 0 fully saturated rings. The number of nitrogens with one attached hydrogen (secondary N) is 1. The Kier molecular flexibility index (Phi) is 6.14. The SMILES string of the molecule is COCCNC(=O)[C@H](C)OC(=O)c1ccc(OC)c2ccccc12. The number of ether oxygens (including phenoxy) is 3. The molecule has 0 aromatic heterocycles. The molecule has 0 unspecified atom stereocenters. The lowest BCUT2D eigenvalue weighted by atomic mass is 10.0. The smallest absolute Gasteiger partial charge is 0.339 e. The van der Waals surface area contributed by atoms with Gasteiger partial charge in [0.15, 0.2) is 6.10 Å². The van der Waals surface area contributed by atoms with Gasteiger partial charge in [0.05, 0.1) is 19.3 Å². The number of amides is 1.